The Morgan fingerprint density at radius 3 is 2.58 bits per heavy atom. The van der Waals surface area contributed by atoms with Crippen LogP contribution < -0.4 is 5.32 Å². The number of urea groups is 1. The largest absolute Gasteiger partial charge is 0.479 e. The highest BCUT2D eigenvalue weighted by molar-refractivity contribution is 7.91. The third kappa shape index (κ3) is 4.35. The molecule has 0 spiro atoms. The number of methoxy groups -OCH3 is 1. The number of aliphatic carboxylic acids is 1. The third-order valence-electron chi connectivity index (χ3n) is 3.08. The smallest absolute Gasteiger partial charge is 0.334 e. The van der Waals surface area contributed by atoms with Crippen LogP contribution in [-0.4, -0.2) is 74.8 Å². The fourth-order valence-electron chi connectivity index (χ4n) is 1.82. The normalized spacial score (nSPS) is 22.7. The van der Waals surface area contributed by atoms with Gasteiger partial charge in [-0.05, 0) is 6.42 Å². The SMILES string of the molecule is COC(CNC(=O)N(C)C1CCS(=O)(=O)C1)C(=O)O. The summed E-state index contributed by atoms with van der Waals surface area (Å²) < 4.78 is 27.3. The molecule has 0 aromatic carbocycles. The average Bonchev–Trinajstić information content (AvgIpc) is 2.68. The summed E-state index contributed by atoms with van der Waals surface area (Å²) in [6.07, 6.45) is -0.719. The second kappa shape index (κ2) is 6.20. The molecule has 1 aliphatic heterocycles. The van der Waals surface area contributed by atoms with Crippen molar-refractivity contribution in [3.8, 4) is 0 Å². The van der Waals surface area contributed by atoms with E-state index in [0.717, 1.165) is 0 Å². The van der Waals surface area contributed by atoms with E-state index in [1.807, 2.05) is 0 Å². The molecule has 1 aliphatic rings. The molecule has 1 saturated heterocycles. The molecular weight excluding hydrogens is 276 g/mol. The topological polar surface area (TPSA) is 113 Å². The van der Waals surface area contributed by atoms with E-state index in [1.165, 1.54) is 19.1 Å². The number of carboxylic acids is 1. The van der Waals surface area contributed by atoms with E-state index in [0.29, 0.717) is 6.42 Å². The van der Waals surface area contributed by atoms with Crippen molar-refractivity contribution in [1.82, 2.24) is 10.2 Å². The maximum absolute atomic E-state index is 11.8. The molecule has 2 N–H and O–H groups in total. The van der Waals surface area contributed by atoms with E-state index < -0.39 is 27.9 Å². The standard InChI is InChI=1S/C10H18N2O6S/c1-12(7-3-4-19(16,17)6-7)10(15)11-5-8(18-2)9(13)14/h7-8H,3-6H2,1-2H3,(H,11,15)(H,13,14). The Labute approximate surface area is 111 Å². The summed E-state index contributed by atoms with van der Waals surface area (Å²) in [4.78, 5) is 23.7. The van der Waals surface area contributed by atoms with Gasteiger partial charge < -0.3 is 20.1 Å². The minimum atomic E-state index is -3.06. The van der Waals surface area contributed by atoms with E-state index in [2.05, 4.69) is 10.1 Å². The quantitative estimate of drug-likeness (QED) is 0.666. The summed E-state index contributed by atoms with van der Waals surface area (Å²) in [5, 5.41) is 11.1. The number of carbonyl (C=O) groups excluding carboxylic acids is 1. The number of hydrogen-bond acceptors (Lipinski definition) is 5. The van der Waals surface area contributed by atoms with Crippen LogP contribution in [0.5, 0.6) is 0 Å². The molecule has 0 saturated carbocycles. The van der Waals surface area contributed by atoms with Gasteiger partial charge in [-0.3, -0.25) is 0 Å². The zero-order valence-electron chi connectivity index (χ0n) is 10.8. The number of rotatable bonds is 5. The summed E-state index contributed by atoms with van der Waals surface area (Å²) >= 11 is 0. The van der Waals surface area contributed by atoms with Gasteiger partial charge in [0.25, 0.3) is 0 Å². The first-order chi connectivity index (χ1) is 8.76. The number of nitrogens with zero attached hydrogens (tertiary/aromatic N) is 1. The molecule has 2 atom stereocenters. The number of carbonyl (C=O) groups is 2. The van der Waals surface area contributed by atoms with Crippen molar-refractivity contribution in [3.63, 3.8) is 0 Å². The number of amides is 2. The van der Waals surface area contributed by atoms with Gasteiger partial charge in [0.2, 0.25) is 0 Å². The number of sulfone groups is 1. The Morgan fingerprint density at radius 2 is 2.16 bits per heavy atom. The molecule has 2 unspecified atom stereocenters. The number of ether oxygens (including phenoxy) is 1. The van der Waals surface area contributed by atoms with Gasteiger partial charge in [0, 0.05) is 20.2 Å². The Kier molecular flexibility index (Phi) is 5.12. The Morgan fingerprint density at radius 1 is 1.53 bits per heavy atom. The highest BCUT2D eigenvalue weighted by Gasteiger charge is 2.33. The van der Waals surface area contributed by atoms with Gasteiger partial charge in [-0.1, -0.05) is 0 Å². The van der Waals surface area contributed by atoms with Gasteiger partial charge in [0.15, 0.2) is 15.9 Å². The van der Waals surface area contributed by atoms with Crippen molar-refractivity contribution in [2.24, 2.45) is 0 Å². The molecule has 0 aromatic heterocycles. The number of nitrogens with one attached hydrogen (secondary N) is 1. The second-order valence-corrected chi connectivity index (χ2v) is 6.65. The lowest BCUT2D eigenvalue weighted by Gasteiger charge is -2.24. The average molecular weight is 294 g/mol. The Bertz CT molecular complexity index is 449. The van der Waals surface area contributed by atoms with E-state index >= 15 is 0 Å². The van der Waals surface area contributed by atoms with E-state index in [9.17, 15) is 18.0 Å². The molecule has 0 radical (unpaired) electrons. The predicted molar refractivity (Wildman–Crippen MR) is 66.7 cm³/mol. The lowest BCUT2D eigenvalue weighted by Crippen LogP contribution is -2.47. The fraction of sp³-hybridized carbons (Fsp3) is 0.800. The van der Waals surface area contributed by atoms with Gasteiger partial charge in [0.1, 0.15) is 0 Å². The lowest BCUT2D eigenvalue weighted by atomic mass is 10.2. The van der Waals surface area contributed by atoms with E-state index in [1.54, 1.807) is 0 Å². The van der Waals surface area contributed by atoms with Gasteiger partial charge in [-0.25, -0.2) is 18.0 Å². The molecule has 2 amide bonds. The van der Waals surface area contributed by atoms with Crippen LogP contribution in [0.25, 0.3) is 0 Å². The summed E-state index contributed by atoms with van der Waals surface area (Å²) in [5.41, 5.74) is 0. The van der Waals surface area contributed by atoms with Crippen LogP contribution in [0.15, 0.2) is 0 Å². The molecule has 110 valence electrons. The number of carboxylic acid groups (broad SMARTS) is 1. The molecule has 9 heteroatoms. The zero-order chi connectivity index (χ0) is 14.6. The van der Waals surface area contributed by atoms with Crippen LogP contribution >= 0.6 is 0 Å². The lowest BCUT2D eigenvalue weighted by molar-refractivity contribution is -0.148. The molecule has 0 bridgehead atoms. The van der Waals surface area contributed by atoms with E-state index in [4.69, 9.17) is 5.11 Å². The van der Waals surface area contributed by atoms with Gasteiger partial charge in [-0.2, -0.15) is 0 Å². The van der Waals surface area contributed by atoms with Gasteiger partial charge in [-0.15, -0.1) is 0 Å². The minimum absolute atomic E-state index is 0.0520. The predicted octanol–water partition coefficient (Wildman–Crippen LogP) is -1.09. The Balaban J connectivity index is 2.48. The van der Waals surface area contributed by atoms with Crippen molar-refractivity contribution in [2.75, 3.05) is 32.2 Å². The van der Waals surface area contributed by atoms with Crippen LogP contribution in [0.2, 0.25) is 0 Å². The molecule has 0 aromatic rings. The first-order valence-electron chi connectivity index (χ1n) is 5.73. The van der Waals surface area contributed by atoms with Crippen LogP contribution in [0.1, 0.15) is 6.42 Å². The van der Waals surface area contributed by atoms with Gasteiger partial charge >= 0.3 is 12.0 Å². The van der Waals surface area contributed by atoms with Gasteiger partial charge in [0.05, 0.1) is 18.1 Å². The maximum Gasteiger partial charge on any atom is 0.334 e. The highest BCUT2D eigenvalue weighted by atomic mass is 32.2. The molecule has 1 rings (SSSR count). The molecule has 0 aliphatic carbocycles. The third-order valence-corrected chi connectivity index (χ3v) is 4.83. The van der Waals surface area contributed by atoms with Crippen molar-refractivity contribution in [2.45, 2.75) is 18.6 Å². The van der Waals surface area contributed by atoms with Crippen molar-refractivity contribution in [1.29, 1.82) is 0 Å². The first kappa shape index (κ1) is 15.7. The molecular formula is C10H18N2O6S. The number of hydrogen-bond donors (Lipinski definition) is 2. The van der Waals surface area contributed by atoms with Crippen molar-refractivity contribution >= 4 is 21.8 Å². The summed E-state index contributed by atoms with van der Waals surface area (Å²) in [5.74, 6) is -1.15. The van der Waals surface area contributed by atoms with Crippen LogP contribution in [-0.2, 0) is 19.4 Å². The fourth-order valence-corrected chi connectivity index (χ4v) is 3.60. The Hall–Kier alpha value is -1.35. The van der Waals surface area contributed by atoms with Crippen LogP contribution in [0.3, 0.4) is 0 Å². The maximum atomic E-state index is 11.8. The minimum Gasteiger partial charge on any atom is -0.479 e. The molecule has 1 fully saturated rings. The molecule has 1 heterocycles. The highest BCUT2D eigenvalue weighted by Crippen LogP contribution is 2.16. The molecule has 8 nitrogen and oxygen atoms in total. The van der Waals surface area contributed by atoms with Crippen LogP contribution in [0, 0.1) is 0 Å². The second-order valence-electron chi connectivity index (χ2n) is 4.42. The summed E-state index contributed by atoms with van der Waals surface area (Å²) in [6, 6.07) is -0.874. The monoisotopic (exact) mass is 294 g/mol. The molecule has 19 heavy (non-hydrogen) atoms. The summed E-state index contributed by atoms with van der Waals surface area (Å²) in [7, 11) is -0.340. The van der Waals surface area contributed by atoms with Crippen LogP contribution in [0.4, 0.5) is 4.79 Å². The first-order valence-corrected chi connectivity index (χ1v) is 7.55. The summed E-state index contributed by atoms with van der Waals surface area (Å²) in [6.45, 7) is -0.172. The zero-order valence-corrected chi connectivity index (χ0v) is 11.6. The van der Waals surface area contributed by atoms with E-state index in [-0.39, 0.29) is 24.1 Å². The van der Waals surface area contributed by atoms with Crippen molar-refractivity contribution in [3.05, 3.63) is 0 Å². The van der Waals surface area contributed by atoms with Crippen molar-refractivity contribution < 1.29 is 27.9 Å².